The Morgan fingerprint density at radius 3 is 2.62 bits per heavy atom. The SMILES string of the molecule is Cc1nn(CC(=O)O[C@H]2C[C@@H](C)CC[C@@H]2C(C)C)c(C)c1[N+](=O)[O-]. The number of carbonyl (C=O) groups is 1. The number of carbonyl (C=O) groups excluding carboxylic acids is 1. The van der Waals surface area contributed by atoms with E-state index in [1.807, 2.05) is 0 Å². The lowest BCUT2D eigenvalue weighted by atomic mass is 9.75. The molecule has 1 heterocycles. The van der Waals surface area contributed by atoms with Gasteiger partial charge in [-0.1, -0.05) is 27.2 Å². The van der Waals surface area contributed by atoms with E-state index >= 15 is 0 Å². The predicted molar refractivity (Wildman–Crippen MR) is 89.6 cm³/mol. The standard InChI is InChI=1S/C17H27N3O4/c1-10(2)14-7-6-11(3)8-15(14)24-16(21)9-19-13(5)17(20(22)23)12(4)18-19/h10-11,14-15H,6-9H2,1-5H3/t11-,14+,15-/m0/s1. The first-order chi connectivity index (χ1) is 11.2. The second kappa shape index (κ2) is 7.32. The minimum absolute atomic E-state index is 0.0332. The third kappa shape index (κ3) is 3.94. The smallest absolute Gasteiger partial charge is 0.328 e. The summed E-state index contributed by atoms with van der Waals surface area (Å²) in [5.74, 6) is 1.01. The van der Waals surface area contributed by atoms with Crippen LogP contribution < -0.4 is 0 Å². The van der Waals surface area contributed by atoms with Crippen LogP contribution in [-0.2, 0) is 16.1 Å². The Morgan fingerprint density at radius 1 is 1.42 bits per heavy atom. The van der Waals surface area contributed by atoms with Crippen LogP contribution in [0.5, 0.6) is 0 Å². The molecule has 1 aromatic rings. The van der Waals surface area contributed by atoms with Gasteiger partial charge in [-0.3, -0.25) is 19.6 Å². The van der Waals surface area contributed by atoms with Crippen molar-refractivity contribution < 1.29 is 14.5 Å². The molecule has 134 valence electrons. The van der Waals surface area contributed by atoms with E-state index in [9.17, 15) is 14.9 Å². The van der Waals surface area contributed by atoms with Crippen LogP contribution in [0.1, 0.15) is 51.4 Å². The molecule has 0 bridgehead atoms. The maximum Gasteiger partial charge on any atom is 0.328 e. The monoisotopic (exact) mass is 337 g/mol. The van der Waals surface area contributed by atoms with E-state index in [1.165, 1.54) is 11.1 Å². The number of hydrogen-bond donors (Lipinski definition) is 0. The van der Waals surface area contributed by atoms with Crippen LogP contribution in [0.15, 0.2) is 0 Å². The molecule has 0 aromatic carbocycles. The summed E-state index contributed by atoms with van der Waals surface area (Å²) in [6, 6.07) is 0. The Bertz CT molecular complexity index is 624. The van der Waals surface area contributed by atoms with Crippen molar-refractivity contribution >= 4 is 11.7 Å². The van der Waals surface area contributed by atoms with Crippen molar-refractivity contribution in [3.05, 3.63) is 21.5 Å². The van der Waals surface area contributed by atoms with Gasteiger partial charge in [-0.2, -0.15) is 5.10 Å². The molecule has 24 heavy (non-hydrogen) atoms. The molecule has 1 aliphatic rings. The minimum atomic E-state index is -0.461. The van der Waals surface area contributed by atoms with Gasteiger partial charge in [-0.15, -0.1) is 0 Å². The van der Waals surface area contributed by atoms with E-state index in [-0.39, 0.29) is 24.3 Å². The largest absolute Gasteiger partial charge is 0.461 e. The Hall–Kier alpha value is -1.92. The number of esters is 1. The second-order valence-electron chi connectivity index (χ2n) is 7.29. The van der Waals surface area contributed by atoms with E-state index in [4.69, 9.17) is 4.74 Å². The van der Waals surface area contributed by atoms with E-state index < -0.39 is 4.92 Å². The lowest BCUT2D eigenvalue weighted by molar-refractivity contribution is -0.386. The van der Waals surface area contributed by atoms with Crippen LogP contribution in [0.2, 0.25) is 0 Å². The van der Waals surface area contributed by atoms with Crippen molar-refractivity contribution in [1.29, 1.82) is 0 Å². The van der Waals surface area contributed by atoms with Crippen LogP contribution in [0.25, 0.3) is 0 Å². The van der Waals surface area contributed by atoms with Gasteiger partial charge in [0.05, 0.1) is 4.92 Å². The molecular weight excluding hydrogens is 310 g/mol. The number of aryl methyl sites for hydroxylation is 1. The highest BCUT2D eigenvalue weighted by molar-refractivity contribution is 5.69. The lowest BCUT2D eigenvalue weighted by Crippen LogP contribution is -2.36. The number of nitro groups is 1. The highest BCUT2D eigenvalue weighted by Crippen LogP contribution is 2.35. The third-order valence-corrected chi connectivity index (χ3v) is 5.05. The fraction of sp³-hybridized carbons (Fsp3) is 0.765. The Labute approximate surface area is 142 Å². The molecule has 0 saturated heterocycles. The summed E-state index contributed by atoms with van der Waals surface area (Å²) in [6.07, 6.45) is 3.04. The zero-order chi connectivity index (χ0) is 18.0. The van der Waals surface area contributed by atoms with Crippen molar-refractivity contribution in [3.8, 4) is 0 Å². The van der Waals surface area contributed by atoms with Crippen LogP contribution in [0, 0.1) is 41.7 Å². The highest BCUT2D eigenvalue weighted by atomic mass is 16.6. The summed E-state index contributed by atoms with van der Waals surface area (Å²) in [5.41, 5.74) is 0.665. The van der Waals surface area contributed by atoms with Crippen LogP contribution in [0.4, 0.5) is 5.69 Å². The van der Waals surface area contributed by atoms with Crippen molar-refractivity contribution in [2.75, 3.05) is 0 Å². The predicted octanol–water partition coefficient (Wildman–Crippen LogP) is 3.41. The molecule has 2 rings (SSSR count). The van der Waals surface area contributed by atoms with Gasteiger partial charge >= 0.3 is 11.7 Å². The molecular formula is C17H27N3O4. The summed E-state index contributed by atoms with van der Waals surface area (Å²) in [6.45, 7) is 9.59. The van der Waals surface area contributed by atoms with Gasteiger partial charge < -0.3 is 4.74 Å². The zero-order valence-corrected chi connectivity index (χ0v) is 15.1. The maximum absolute atomic E-state index is 12.3. The van der Waals surface area contributed by atoms with Crippen molar-refractivity contribution in [2.24, 2.45) is 17.8 Å². The average molecular weight is 337 g/mol. The lowest BCUT2D eigenvalue weighted by Gasteiger charge is -2.36. The molecule has 7 heteroatoms. The van der Waals surface area contributed by atoms with Crippen LogP contribution in [-0.4, -0.2) is 26.8 Å². The molecule has 1 aliphatic carbocycles. The van der Waals surface area contributed by atoms with E-state index in [2.05, 4.69) is 25.9 Å². The number of hydrogen-bond acceptors (Lipinski definition) is 5. The highest BCUT2D eigenvalue weighted by Gasteiger charge is 2.33. The molecule has 0 unspecified atom stereocenters. The molecule has 1 saturated carbocycles. The number of nitrogens with zero attached hydrogens (tertiary/aromatic N) is 3. The summed E-state index contributed by atoms with van der Waals surface area (Å²) >= 11 is 0. The van der Waals surface area contributed by atoms with E-state index in [0.29, 0.717) is 29.1 Å². The first-order valence-corrected chi connectivity index (χ1v) is 8.58. The minimum Gasteiger partial charge on any atom is -0.461 e. The number of ether oxygens (including phenoxy) is 1. The normalized spacial score (nSPS) is 24.2. The summed E-state index contributed by atoms with van der Waals surface area (Å²) < 4.78 is 7.10. The maximum atomic E-state index is 12.3. The summed E-state index contributed by atoms with van der Waals surface area (Å²) in [5, 5.41) is 15.2. The van der Waals surface area contributed by atoms with E-state index in [0.717, 1.165) is 12.8 Å². The van der Waals surface area contributed by atoms with Crippen molar-refractivity contribution in [2.45, 2.75) is 66.5 Å². The van der Waals surface area contributed by atoms with Crippen molar-refractivity contribution in [3.63, 3.8) is 0 Å². The van der Waals surface area contributed by atoms with Gasteiger partial charge in [0.2, 0.25) is 0 Å². The van der Waals surface area contributed by atoms with Crippen LogP contribution in [0.3, 0.4) is 0 Å². The van der Waals surface area contributed by atoms with Gasteiger partial charge in [0.15, 0.2) is 0 Å². The third-order valence-electron chi connectivity index (χ3n) is 5.05. The number of aromatic nitrogens is 2. The Morgan fingerprint density at radius 2 is 2.08 bits per heavy atom. The molecule has 0 N–H and O–H groups in total. The quantitative estimate of drug-likeness (QED) is 0.467. The molecule has 1 fully saturated rings. The van der Waals surface area contributed by atoms with Gasteiger partial charge in [-0.05, 0) is 44.4 Å². The summed E-state index contributed by atoms with van der Waals surface area (Å²) in [4.78, 5) is 22.9. The van der Waals surface area contributed by atoms with Crippen LogP contribution >= 0.6 is 0 Å². The zero-order valence-electron chi connectivity index (χ0n) is 15.1. The molecule has 3 atom stereocenters. The topological polar surface area (TPSA) is 87.3 Å². The fourth-order valence-corrected chi connectivity index (χ4v) is 3.68. The van der Waals surface area contributed by atoms with Gasteiger partial charge in [0, 0.05) is 0 Å². The molecule has 1 aromatic heterocycles. The Kier molecular flexibility index (Phi) is 5.62. The van der Waals surface area contributed by atoms with Crippen molar-refractivity contribution in [1.82, 2.24) is 9.78 Å². The molecule has 0 amide bonds. The molecule has 0 spiro atoms. The fourth-order valence-electron chi connectivity index (χ4n) is 3.68. The molecule has 0 aliphatic heterocycles. The van der Waals surface area contributed by atoms with Gasteiger partial charge in [0.1, 0.15) is 24.0 Å². The summed E-state index contributed by atoms with van der Waals surface area (Å²) in [7, 11) is 0. The van der Waals surface area contributed by atoms with E-state index in [1.54, 1.807) is 13.8 Å². The van der Waals surface area contributed by atoms with Gasteiger partial charge in [0.25, 0.3) is 0 Å². The number of rotatable bonds is 5. The first kappa shape index (κ1) is 18.4. The van der Waals surface area contributed by atoms with Gasteiger partial charge in [-0.25, -0.2) is 0 Å². The average Bonchev–Trinajstić information content (AvgIpc) is 2.72. The molecule has 0 radical (unpaired) electrons. The first-order valence-electron chi connectivity index (χ1n) is 8.58. The molecule has 7 nitrogen and oxygen atoms in total. The Balaban J connectivity index is 2.07. The second-order valence-corrected chi connectivity index (χ2v) is 7.29.